The second kappa shape index (κ2) is 5.06. The first-order chi connectivity index (χ1) is 8.70. The third-order valence-corrected chi connectivity index (χ3v) is 2.49. The monoisotopic (exact) mass is 240 g/mol. The number of benzene rings is 1. The molecule has 5 nitrogen and oxygen atoms in total. The molecule has 0 aliphatic carbocycles. The van der Waals surface area contributed by atoms with Gasteiger partial charge in [0.05, 0.1) is 11.4 Å². The summed E-state index contributed by atoms with van der Waals surface area (Å²) in [7, 11) is 0. The van der Waals surface area contributed by atoms with E-state index >= 15 is 0 Å². The van der Waals surface area contributed by atoms with Gasteiger partial charge in [0.1, 0.15) is 18.3 Å². The molecule has 0 aliphatic heterocycles. The highest BCUT2D eigenvalue weighted by Gasteiger charge is 2.07. The number of rotatable bonds is 3. The van der Waals surface area contributed by atoms with Crippen molar-refractivity contribution in [1.29, 1.82) is 5.26 Å². The van der Waals surface area contributed by atoms with Crippen molar-refractivity contribution in [3.05, 3.63) is 48.3 Å². The Kier molecular flexibility index (Phi) is 3.30. The Morgan fingerprint density at radius 2 is 2.11 bits per heavy atom. The number of para-hydroxylation sites is 2. The highest BCUT2D eigenvalue weighted by Crippen LogP contribution is 2.16. The minimum absolute atomic E-state index is 0.0875. The molecule has 2 aromatic rings. The number of carbonyl (C=O) groups is 1. The fourth-order valence-corrected chi connectivity index (χ4v) is 1.61. The molecule has 0 saturated heterocycles. The van der Waals surface area contributed by atoms with Gasteiger partial charge in [-0.25, -0.2) is 0 Å². The van der Waals surface area contributed by atoms with Crippen LogP contribution in [0.25, 0.3) is 0 Å². The Balaban J connectivity index is 2.06. The third-order valence-electron chi connectivity index (χ3n) is 2.49. The number of carbonyl (C=O) groups excluding carboxylic acids is 1. The summed E-state index contributed by atoms with van der Waals surface area (Å²) in [5.41, 5.74) is 7.26. The normalized spacial score (nSPS) is 9.72. The number of nitrogens with zero attached hydrogens (tertiary/aromatic N) is 2. The van der Waals surface area contributed by atoms with Crippen LogP contribution >= 0.6 is 0 Å². The molecule has 0 spiro atoms. The van der Waals surface area contributed by atoms with Crippen molar-refractivity contribution < 1.29 is 4.79 Å². The molecular formula is C13H12N4O. The van der Waals surface area contributed by atoms with Crippen molar-refractivity contribution in [3.63, 3.8) is 0 Å². The van der Waals surface area contributed by atoms with Gasteiger partial charge in [-0.15, -0.1) is 0 Å². The lowest BCUT2D eigenvalue weighted by Crippen LogP contribution is -2.19. The number of hydrogen-bond donors (Lipinski definition) is 2. The first kappa shape index (κ1) is 11.7. The number of nitrogens with one attached hydrogen (secondary N) is 1. The van der Waals surface area contributed by atoms with Crippen molar-refractivity contribution in [2.45, 2.75) is 6.54 Å². The smallest absolute Gasteiger partial charge is 0.244 e. The van der Waals surface area contributed by atoms with Crippen LogP contribution in [0.1, 0.15) is 5.69 Å². The molecule has 18 heavy (non-hydrogen) atoms. The van der Waals surface area contributed by atoms with E-state index in [9.17, 15) is 4.79 Å². The first-order valence-corrected chi connectivity index (χ1v) is 5.40. The van der Waals surface area contributed by atoms with Crippen molar-refractivity contribution in [1.82, 2.24) is 4.57 Å². The highest BCUT2D eigenvalue weighted by atomic mass is 16.1. The van der Waals surface area contributed by atoms with Gasteiger partial charge >= 0.3 is 0 Å². The molecule has 0 bridgehead atoms. The molecule has 0 radical (unpaired) electrons. The summed E-state index contributed by atoms with van der Waals surface area (Å²) < 4.78 is 1.58. The molecule has 5 heteroatoms. The average Bonchev–Trinajstić information content (AvgIpc) is 2.79. The quantitative estimate of drug-likeness (QED) is 0.799. The molecule has 0 fully saturated rings. The summed E-state index contributed by atoms with van der Waals surface area (Å²) >= 11 is 0. The standard InChI is InChI=1S/C13H12N4O/c14-8-10-4-3-7-17(10)9-13(18)16-12-6-2-1-5-11(12)15/h1-7H,9,15H2,(H,16,18). The lowest BCUT2D eigenvalue weighted by molar-refractivity contribution is -0.116. The van der Waals surface area contributed by atoms with E-state index in [-0.39, 0.29) is 12.5 Å². The summed E-state index contributed by atoms with van der Waals surface area (Å²) in [5.74, 6) is -0.222. The predicted molar refractivity (Wildman–Crippen MR) is 68.6 cm³/mol. The molecule has 0 aliphatic rings. The third kappa shape index (κ3) is 2.50. The van der Waals surface area contributed by atoms with E-state index in [1.165, 1.54) is 0 Å². The molecule has 1 amide bonds. The van der Waals surface area contributed by atoms with E-state index < -0.39 is 0 Å². The molecule has 0 atom stereocenters. The number of nitrogens with two attached hydrogens (primary N) is 1. The molecule has 3 N–H and O–H groups in total. The maximum Gasteiger partial charge on any atom is 0.244 e. The van der Waals surface area contributed by atoms with E-state index in [1.807, 2.05) is 6.07 Å². The van der Waals surface area contributed by atoms with Gasteiger partial charge in [0, 0.05) is 6.20 Å². The van der Waals surface area contributed by atoms with Gasteiger partial charge in [0.25, 0.3) is 0 Å². The van der Waals surface area contributed by atoms with Gasteiger partial charge in [-0.1, -0.05) is 12.1 Å². The van der Waals surface area contributed by atoms with E-state index in [4.69, 9.17) is 11.0 Å². The summed E-state index contributed by atoms with van der Waals surface area (Å²) in [6.07, 6.45) is 1.69. The SMILES string of the molecule is N#Cc1cccn1CC(=O)Nc1ccccc1N. The van der Waals surface area contributed by atoms with Gasteiger partial charge in [0.2, 0.25) is 5.91 Å². The number of aromatic nitrogens is 1. The minimum Gasteiger partial charge on any atom is -0.397 e. The van der Waals surface area contributed by atoms with E-state index in [0.29, 0.717) is 17.1 Å². The van der Waals surface area contributed by atoms with Crippen LogP contribution < -0.4 is 11.1 Å². The molecular weight excluding hydrogens is 228 g/mol. The number of nitrogen functional groups attached to an aromatic ring is 1. The first-order valence-electron chi connectivity index (χ1n) is 5.40. The average molecular weight is 240 g/mol. The molecule has 2 rings (SSSR count). The van der Waals surface area contributed by atoms with Crippen LogP contribution in [0.2, 0.25) is 0 Å². The van der Waals surface area contributed by atoms with E-state index in [2.05, 4.69) is 5.32 Å². The number of amides is 1. The summed E-state index contributed by atoms with van der Waals surface area (Å²) in [4.78, 5) is 11.8. The van der Waals surface area contributed by atoms with E-state index in [1.54, 1.807) is 47.2 Å². The van der Waals surface area contributed by atoms with Crippen LogP contribution in [0.4, 0.5) is 11.4 Å². The van der Waals surface area contributed by atoms with Crippen molar-refractivity contribution in [2.24, 2.45) is 0 Å². The zero-order valence-corrected chi connectivity index (χ0v) is 9.63. The molecule has 0 unspecified atom stereocenters. The van der Waals surface area contributed by atoms with Crippen LogP contribution in [-0.4, -0.2) is 10.5 Å². The maximum absolute atomic E-state index is 11.8. The molecule has 1 aromatic heterocycles. The van der Waals surface area contributed by atoms with Crippen molar-refractivity contribution >= 4 is 17.3 Å². The van der Waals surface area contributed by atoms with Crippen LogP contribution in [0.15, 0.2) is 42.6 Å². The van der Waals surface area contributed by atoms with Crippen molar-refractivity contribution in [2.75, 3.05) is 11.1 Å². The summed E-state index contributed by atoms with van der Waals surface area (Å²) in [6.45, 7) is 0.0875. The summed E-state index contributed by atoms with van der Waals surface area (Å²) in [5, 5.41) is 11.5. The molecule has 0 saturated carbocycles. The Labute approximate surface area is 104 Å². The van der Waals surface area contributed by atoms with Gasteiger partial charge in [0.15, 0.2) is 0 Å². The number of anilines is 2. The molecule has 1 aromatic carbocycles. The Hall–Kier alpha value is -2.74. The fraction of sp³-hybridized carbons (Fsp3) is 0.0769. The van der Waals surface area contributed by atoms with Crippen LogP contribution in [0.5, 0.6) is 0 Å². The van der Waals surface area contributed by atoms with Crippen LogP contribution in [-0.2, 0) is 11.3 Å². The number of hydrogen-bond acceptors (Lipinski definition) is 3. The Bertz CT molecular complexity index is 603. The second-order valence-electron chi connectivity index (χ2n) is 3.77. The molecule has 1 heterocycles. The summed E-state index contributed by atoms with van der Waals surface area (Å²) in [6, 6.07) is 12.4. The zero-order chi connectivity index (χ0) is 13.0. The lowest BCUT2D eigenvalue weighted by Gasteiger charge is -2.08. The van der Waals surface area contributed by atoms with Gasteiger partial charge in [-0.2, -0.15) is 5.26 Å². The number of nitriles is 1. The van der Waals surface area contributed by atoms with Crippen molar-refractivity contribution in [3.8, 4) is 6.07 Å². The maximum atomic E-state index is 11.8. The minimum atomic E-state index is -0.222. The fourth-order valence-electron chi connectivity index (χ4n) is 1.61. The highest BCUT2D eigenvalue weighted by molar-refractivity contribution is 5.93. The zero-order valence-electron chi connectivity index (χ0n) is 9.63. The predicted octanol–water partition coefficient (Wildman–Crippen LogP) is 1.58. The van der Waals surface area contributed by atoms with Gasteiger partial charge < -0.3 is 15.6 Å². The van der Waals surface area contributed by atoms with Crippen LogP contribution in [0, 0.1) is 11.3 Å². The topological polar surface area (TPSA) is 83.8 Å². The Morgan fingerprint density at radius 3 is 2.83 bits per heavy atom. The van der Waals surface area contributed by atoms with Gasteiger partial charge in [-0.3, -0.25) is 4.79 Å². The lowest BCUT2D eigenvalue weighted by atomic mass is 10.2. The molecule has 90 valence electrons. The Morgan fingerprint density at radius 1 is 1.33 bits per heavy atom. The van der Waals surface area contributed by atoms with E-state index in [0.717, 1.165) is 0 Å². The van der Waals surface area contributed by atoms with Crippen LogP contribution in [0.3, 0.4) is 0 Å². The second-order valence-corrected chi connectivity index (χ2v) is 3.77. The van der Waals surface area contributed by atoms with Gasteiger partial charge in [-0.05, 0) is 24.3 Å². The largest absolute Gasteiger partial charge is 0.397 e.